The highest BCUT2D eigenvalue weighted by Crippen LogP contribution is 2.37. The topological polar surface area (TPSA) is 60.0 Å². The van der Waals surface area contributed by atoms with Crippen LogP contribution >= 0.6 is 22.9 Å². The molecular weight excluding hydrogens is 442 g/mol. The Labute approximate surface area is 196 Å². The van der Waals surface area contributed by atoms with E-state index in [1.165, 1.54) is 24.1 Å². The van der Waals surface area contributed by atoms with Gasteiger partial charge >= 0.3 is 0 Å². The van der Waals surface area contributed by atoms with Gasteiger partial charge in [-0.15, -0.1) is 16.4 Å². The zero-order valence-corrected chi connectivity index (χ0v) is 19.4. The van der Waals surface area contributed by atoms with Crippen LogP contribution in [-0.2, 0) is 13.1 Å². The fourth-order valence-electron chi connectivity index (χ4n) is 4.57. The van der Waals surface area contributed by atoms with Crippen molar-refractivity contribution in [1.82, 2.24) is 25.1 Å². The van der Waals surface area contributed by atoms with Gasteiger partial charge in [-0.25, -0.2) is 4.68 Å². The number of aromatic nitrogens is 4. The van der Waals surface area contributed by atoms with Gasteiger partial charge in [0.1, 0.15) is 11.8 Å². The lowest BCUT2D eigenvalue weighted by Gasteiger charge is -2.32. The van der Waals surface area contributed by atoms with Gasteiger partial charge in [-0.2, -0.15) is 0 Å². The highest BCUT2D eigenvalue weighted by molar-refractivity contribution is 7.10. The van der Waals surface area contributed by atoms with E-state index in [0.717, 1.165) is 35.0 Å². The molecule has 0 amide bonds. The molecule has 3 aromatic heterocycles. The number of tetrazole rings is 1. The van der Waals surface area contributed by atoms with Gasteiger partial charge in [-0.1, -0.05) is 55.1 Å². The Hall–Kier alpha value is -2.48. The molecule has 0 radical (unpaired) electrons. The maximum Gasteiger partial charge on any atom is 0.174 e. The van der Waals surface area contributed by atoms with Crippen molar-refractivity contribution >= 4 is 22.9 Å². The third-order valence-electron chi connectivity index (χ3n) is 6.13. The van der Waals surface area contributed by atoms with Crippen molar-refractivity contribution in [2.75, 3.05) is 0 Å². The first-order valence-corrected chi connectivity index (χ1v) is 12.4. The van der Waals surface area contributed by atoms with E-state index < -0.39 is 0 Å². The number of hydrogen-bond donors (Lipinski definition) is 0. The first kappa shape index (κ1) is 21.4. The fraction of sp³-hybridized carbons (Fsp3) is 0.375. The lowest BCUT2D eigenvalue weighted by molar-refractivity contribution is 0.176. The molecule has 1 aliphatic carbocycles. The molecule has 1 fully saturated rings. The van der Waals surface area contributed by atoms with Gasteiger partial charge in [0, 0.05) is 16.4 Å². The summed E-state index contributed by atoms with van der Waals surface area (Å²) in [5, 5.41) is 16.0. The molecule has 6 nitrogen and oxygen atoms in total. The van der Waals surface area contributed by atoms with E-state index in [9.17, 15) is 0 Å². The Morgan fingerprint density at radius 1 is 1.06 bits per heavy atom. The number of benzene rings is 1. The van der Waals surface area contributed by atoms with E-state index >= 15 is 0 Å². The first-order valence-electron chi connectivity index (χ1n) is 11.1. The molecule has 1 atom stereocenters. The second-order valence-electron chi connectivity index (χ2n) is 8.27. The molecule has 5 rings (SSSR count). The maximum absolute atomic E-state index is 6.56. The molecule has 32 heavy (non-hydrogen) atoms. The van der Waals surface area contributed by atoms with E-state index in [2.05, 4.69) is 48.7 Å². The van der Waals surface area contributed by atoms with E-state index in [1.807, 2.05) is 30.3 Å². The van der Waals surface area contributed by atoms with E-state index in [1.54, 1.807) is 17.6 Å². The van der Waals surface area contributed by atoms with Gasteiger partial charge in [0.15, 0.2) is 5.82 Å². The largest absolute Gasteiger partial charge is 0.468 e. The predicted molar refractivity (Wildman–Crippen MR) is 126 cm³/mol. The normalized spacial score (nSPS) is 15.9. The summed E-state index contributed by atoms with van der Waals surface area (Å²) in [5.74, 6) is 1.79. The second kappa shape index (κ2) is 9.98. The van der Waals surface area contributed by atoms with Crippen LogP contribution in [-0.4, -0.2) is 25.1 Å². The molecule has 0 bridgehead atoms. The van der Waals surface area contributed by atoms with Crippen LogP contribution in [0.4, 0.5) is 0 Å². The average molecular weight is 468 g/mol. The number of furan rings is 1. The van der Waals surface area contributed by atoms with Crippen LogP contribution in [0.2, 0.25) is 5.02 Å². The molecule has 4 aromatic rings. The van der Waals surface area contributed by atoms with Crippen molar-refractivity contribution in [1.29, 1.82) is 0 Å². The lowest BCUT2D eigenvalue weighted by Crippen LogP contribution is -2.32. The quantitative estimate of drug-likeness (QED) is 0.305. The summed E-state index contributed by atoms with van der Waals surface area (Å²) in [6, 6.07) is 16.4. The van der Waals surface area contributed by atoms with Gasteiger partial charge < -0.3 is 4.42 Å². The molecule has 1 saturated carbocycles. The van der Waals surface area contributed by atoms with Gasteiger partial charge in [-0.3, -0.25) is 4.90 Å². The highest BCUT2D eigenvalue weighted by Gasteiger charge is 2.32. The number of rotatable bonds is 8. The van der Waals surface area contributed by atoms with E-state index in [-0.39, 0.29) is 6.04 Å². The molecule has 3 heterocycles. The fourth-order valence-corrected chi connectivity index (χ4v) is 5.62. The number of thiophene rings is 1. The monoisotopic (exact) mass is 467 g/mol. The molecule has 1 unspecified atom stereocenters. The van der Waals surface area contributed by atoms with Crippen LogP contribution < -0.4 is 0 Å². The summed E-state index contributed by atoms with van der Waals surface area (Å²) < 4.78 is 7.81. The number of nitrogens with zero attached hydrogens (tertiary/aromatic N) is 5. The van der Waals surface area contributed by atoms with Crippen LogP contribution in [0.25, 0.3) is 0 Å². The molecule has 0 aliphatic heterocycles. The minimum absolute atomic E-state index is 0.103. The van der Waals surface area contributed by atoms with Crippen molar-refractivity contribution in [3.63, 3.8) is 0 Å². The Bertz CT molecular complexity index is 1110. The van der Waals surface area contributed by atoms with Crippen molar-refractivity contribution in [2.24, 2.45) is 0 Å². The van der Waals surface area contributed by atoms with Gasteiger partial charge in [0.25, 0.3) is 0 Å². The van der Waals surface area contributed by atoms with Crippen molar-refractivity contribution in [2.45, 2.75) is 57.3 Å². The molecule has 0 N–H and O–H groups in total. The van der Waals surface area contributed by atoms with Crippen LogP contribution in [0.3, 0.4) is 0 Å². The minimum Gasteiger partial charge on any atom is -0.468 e. The van der Waals surface area contributed by atoms with Crippen molar-refractivity contribution in [3.05, 3.63) is 87.2 Å². The zero-order valence-electron chi connectivity index (χ0n) is 17.8. The average Bonchev–Trinajstić information content (AvgIpc) is 3.60. The Kier molecular flexibility index (Phi) is 6.67. The van der Waals surface area contributed by atoms with E-state index in [0.29, 0.717) is 19.1 Å². The summed E-state index contributed by atoms with van der Waals surface area (Å²) in [7, 11) is 0. The Morgan fingerprint density at radius 3 is 2.69 bits per heavy atom. The van der Waals surface area contributed by atoms with Crippen LogP contribution in [0.5, 0.6) is 0 Å². The molecule has 0 spiro atoms. The van der Waals surface area contributed by atoms with E-state index in [4.69, 9.17) is 16.0 Å². The minimum atomic E-state index is -0.103. The molecule has 0 saturated heterocycles. The molecule has 8 heteroatoms. The summed E-state index contributed by atoms with van der Waals surface area (Å²) in [6.45, 7) is 1.28. The van der Waals surface area contributed by atoms with Crippen molar-refractivity contribution in [3.8, 4) is 0 Å². The molecular formula is C24H26ClN5OS. The molecule has 1 aromatic carbocycles. The standard InChI is InChI=1S/C24H26ClN5OS/c25-21-12-5-4-8-18(21)16-29(17-20-11-6-14-31-20)23(22-13-7-15-32-22)24-26-27-28-30(24)19-9-2-1-3-10-19/h4-8,11-15,19,23H,1-3,9-10,16-17H2. The molecule has 166 valence electrons. The Morgan fingerprint density at radius 2 is 1.94 bits per heavy atom. The first-order chi connectivity index (χ1) is 15.8. The van der Waals surface area contributed by atoms with Crippen molar-refractivity contribution < 1.29 is 4.42 Å². The van der Waals surface area contributed by atoms with Gasteiger partial charge in [0.2, 0.25) is 0 Å². The summed E-state index contributed by atoms with van der Waals surface area (Å²) in [6.07, 6.45) is 7.71. The maximum atomic E-state index is 6.56. The third-order valence-corrected chi connectivity index (χ3v) is 7.42. The second-order valence-corrected chi connectivity index (χ2v) is 9.65. The van der Waals surface area contributed by atoms with Crippen LogP contribution in [0, 0.1) is 0 Å². The zero-order chi connectivity index (χ0) is 21.8. The number of hydrogen-bond acceptors (Lipinski definition) is 6. The smallest absolute Gasteiger partial charge is 0.174 e. The summed E-state index contributed by atoms with van der Waals surface area (Å²) in [5.41, 5.74) is 1.07. The SMILES string of the molecule is Clc1ccccc1CN(Cc1ccco1)C(c1cccs1)c1nnnn1C1CCCCC1. The van der Waals surface area contributed by atoms with Crippen LogP contribution in [0.1, 0.15) is 66.2 Å². The lowest BCUT2D eigenvalue weighted by atomic mass is 9.95. The van der Waals surface area contributed by atoms with Gasteiger partial charge in [0.05, 0.1) is 18.8 Å². The molecule has 1 aliphatic rings. The number of halogens is 1. The highest BCUT2D eigenvalue weighted by atomic mass is 35.5. The van der Waals surface area contributed by atoms with Gasteiger partial charge in [-0.05, 0) is 58.5 Å². The Balaban J connectivity index is 1.56. The third kappa shape index (κ3) is 4.65. The van der Waals surface area contributed by atoms with Crippen LogP contribution in [0.15, 0.2) is 64.6 Å². The summed E-state index contributed by atoms with van der Waals surface area (Å²) >= 11 is 8.29. The predicted octanol–water partition coefficient (Wildman–Crippen LogP) is 6.28. The summed E-state index contributed by atoms with van der Waals surface area (Å²) in [4.78, 5) is 3.56.